The first-order chi connectivity index (χ1) is 15.2. The standard InChI is InChI=1S/C25H30N4O2/c1-3-22-8-9-23(29(22)24-18-26-11-10-19(24)2)20-4-6-21(7-5-20)25(30)27-12-13-28-14-16-31-17-15-28/h4-11,18H,3,12-17H2,1-2H3,(H,27,30). The minimum atomic E-state index is -0.0347. The molecule has 0 saturated carbocycles. The van der Waals surface area contributed by atoms with Gasteiger partial charge in [-0.1, -0.05) is 19.1 Å². The number of rotatable bonds is 7. The molecule has 6 heteroatoms. The molecule has 1 saturated heterocycles. The number of ether oxygens (including phenoxy) is 1. The Balaban J connectivity index is 1.48. The molecule has 0 bridgehead atoms. The highest BCUT2D eigenvalue weighted by atomic mass is 16.5. The highest BCUT2D eigenvalue weighted by Gasteiger charge is 2.14. The Hall–Kier alpha value is -2.96. The molecule has 0 unspecified atom stereocenters. The molecule has 0 spiro atoms. The molecular weight excluding hydrogens is 388 g/mol. The maximum atomic E-state index is 12.5. The van der Waals surface area contributed by atoms with Gasteiger partial charge < -0.3 is 14.6 Å². The molecule has 1 amide bonds. The highest BCUT2D eigenvalue weighted by molar-refractivity contribution is 5.94. The van der Waals surface area contributed by atoms with Gasteiger partial charge in [-0.2, -0.15) is 0 Å². The summed E-state index contributed by atoms with van der Waals surface area (Å²) in [5, 5.41) is 3.03. The number of benzene rings is 1. The normalized spacial score (nSPS) is 14.5. The van der Waals surface area contributed by atoms with Gasteiger partial charge in [-0.3, -0.25) is 14.7 Å². The van der Waals surface area contributed by atoms with Crippen LogP contribution in [0.15, 0.2) is 54.9 Å². The van der Waals surface area contributed by atoms with E-state index in [9.17, 15) is 4.79 Å². The Bertz CT molecular complexity index is 1020. The Labute approximate surface area is 183 Å². The van der Waals surface area contributed by atoms with Crippen LogP contribution in [0.3, 0.4) is 0 Å². The van der Waals surface area contributed by atoms with Crippen molar-refractivity contribution in [3.8, 4) is 16.9 Å². The van der Waals surface area contributed by atoms with Gasteiger partial charge >= 0.3 is 0 Å². The second-order valence-corrected chi connectivity index (χ2v) is 7.85. The summed E-state index contributed by atoms with van der Waals surface area (Å²) in [7, 11) is 0. The Morgan fingerprint density at radius 1 is 1.10 bits per heavy atom. The van der Waals surface area contributed by atoms with Crippen LogP contribution < -0.4 is 5.32 Å². The van der Waals surface area contributed by atoms with Crippen molar-refractivity contribution in [2.45, 2.75) is 20.3 Å². The summed E-state index contributed by atoms with van der Waals surface area (Å²) >= 11 is 0. The molecule has 1 aliphatic heterocycles. The average molecular weight is 419 g/mol. The Morgan fingerprint density at radius 2 is 1.87 bits per heavy atom. The van der Waals surface area contributed by atoms with Crippen molar-refractivity contribution in [3.63, 3.8) is 0 Å². The quantitative estimate of drug-likeness (QED) is 0.638. The third-order valence-corrected chi connectivity index (χ3v) is 5.84. The van der Waals surface area contributed by atoms with Crippen LogP contribution in [0.5, 0.6) is 0 Å². The molecule has 6 nitrogen and oxygen atoms in total. The molecule has 0 aliphatic carbocycles. The topological polar surface area (TPSA) is 59.4 Å². The first kappa shape index (κ1) is 21.3. The molecule has 1 fully saturated rings. The molecule has 0 radical (unpaired) electrons. The lowest BCUT2D eigenvalue weighted by molar-refractivity contribution is 0.0383. The van der Waals surface area contributed by atoms with Gasteiger partial charge in [0.25, 0.3) is 5.91 Å². The van der Waals surface area contributed by atoms with E-state index < -0.39 is 0 Å². The fourth-order valence-electron chi connectivity index (χ4n) is 4.00. The van der Waals surface area contributed by atoms with Gasteiger partial charge in [-0.05, 0) is 54.8 Å². The van der Waals surface area contributed by atoms with Gasteiger partial charge in [0, 0.05) is 43.6 Å². The molecule has 3 aromatic rings. The number of aromatic nitrogens is 2. The summed E-state index contributed by atoms with van der Waals surface area (Å²) < 4.78 is 7.63. The smallest absolute Gasteiger partial charge is 0.251 e. The summed E-state index contributed by atoms with van der Waals surface area (Å²) in [5.41, 5.74) is 6.36. The van der Waals surface area contributed by atoms with Crippen LogP contribution in [0.25, 0.3) is 16.9 Å². The molecular formula is C25H30N4O2. The largest absolute Gasteiger partial charge is 0.379 e. The van der Waals surface area contributed by atoms with E-state index in [1.165, 1.54) is 11.3 Å². The van der Waals surface area contributed by atoms with Crippen molar-refractivity contribution in [1.29, 1.82) is 0 Å². The lowest BCUT2D eigenvalue weighted by atomic mass is 10.1. The summed E-state index contributed by atoms with van der Waals surface area (Å²) in [6, 6.07) is 14.2. The molecule has 2 aromatic heterocycles. The number of hydrogen-bond donors (Lipinski definition) is 1. The third-order valence-electron chi connectivity index (χ3n) is 5.84. The van der Waals surface area contributed by atoms with Crippen molar-refractivity contribution >= 4 is 5.91 Å². The second kappa shape index (κ2) is 9.90. The summed E-state index contributed by atoms with van der Waals surface area (Å²) in [6.45, 7) is 9.16. The third kappa shape index (κ3) is 4.86. The lowest BCUT2D eigenvalue weighted by Crippen LogP contribution is -2.41. The zero-order valence-electron chi connectivity index (χ0n) is 18.3. The van der Waals surface area contributed by atoms with E-state index in [2.05, 4.69) is 45.7 Å². The molecule has 1 aromatic carbocycles. The molecule has 3 heterocycles. The molecule has 1 aliphatic rings. The van der Waals surface area contributed by atoms with E-state index in [1.807, 2.05) is 42.7 Å². The molecule has 1 N–H and O–H groups in total. The van der Waals surface area contributed by atoms with Crippen LogP contribution in [0.4, 0.5) is 0 Å². The summed E-state index contributed by atoms with van der Waals surface area (Å²) in [6.07, 6.45) is 4.66. The number of morpholine rings is 1. The number of hydrogen-bond acceptors (Lipinski definition) is 4. The van der Waals surface area contributed by atoms with Gasteiger partial charge in [0.1, 0.15) is 0 Å². The minimum Gasteiger partial charge on any atom is -0.379 e. The van der Waals surface area contributed by atoms with Crippen molar-refractivity contribution < 1.29 is 9.53 Å². The number of aryl methyl sites for hydroxylation is 2. The summed E-state index contributed by atoms with van der Waals surface area (Å²) in [4.78, 5) is 19.2. The predicted octanol–water partition coefficient (Wildman–Crippen LogP) is 3.47. The fourth-order valence-corrected chi connectivity index (χ4v) is 4.00. The fraction of sp³-hybridized carbons (Fsp3) is 0.360. The molecule has 162 valence electrons. The highest BCUT2D eigenvalue weighted by Crippen LogP contribution is 2.28. The van der Waals surface area contributed by atoms with Gasteiger partial charge in [0.2, 0.25) is 0 Å². The second-order valence-electron chi connectivity index (χ2n) is 7.85. The first-order valence-electron chi connectivity index (χ1n) is 11.0. The van der Waals surface area contributed by atoms with E-state index in [-0.39, 0.29) is 5.91 Å². The molecule has 0 atom stereocenters. The van der Waals surface area contributed by atoms with E-state index in [4.69, 9.17) is 4.74 Å². The van der Waals surface area contributed by atoms with E-state index >= 15 is 0 Å². The van der Waals surface area contributed by atoms with E-state index in [1.54, 1.807) is 0 Å². The lowest BCUT2D eigenvalue weighted by Gasteiger charge is -2.26. The summed E-state index contributed by atoms with van der Waals surface area (Å²) in [5.74, 6) is -0.0347. The van der Waals surface area contributed by atoms with Crippen LogP contribution in [0, 0.1) is 6.92 Å². The number of nitrogens with zero attached hydrogens (tertiary/aromatic N) is 3. The van der Waals surface area contributed by atoms with Gasteiger partial charge in [0.15, 0.2) is 0 Å². The minimum absolute atomic E-state index is 0.0347. The van der Waals surface area contributed by atoms with Crippen LogP contribution in [-0.2, 0) is 11.2 Å². The van der Waals surface area contributed by atoms with Crippen LogP contribution in [-0.4, -0.2) is 59.8 Å². The van der Waals surface area contributed by atoms with Gasteiger partial charge in [-0.15, -0.1) is 0 Å². The predicted molar refractivity (Wildman–Crippen MR) is 123 cm³/mol. The SMILES string of the molecule is CCc1ccc(-c2ccc(C(=O)NCCN3CCOCC3)cc2)n1-c1cnccc1C. The van der Waals surface area contributed by atoms with Crippen molar-refractivity contribution in [1.82, 2.24) is 19.8 Å². The zero-order valence-corrected chi connectivity index (χ0v) is 18.3. The van der Waals surface area contributed by atoms with Crippen molar-refractivity contribution in [3.05, 3.63) is 71.7 Å². The first-order valence-corrected chi connectivity index (χ1v) is 11.0. The van der Waals surface area contributed by atoms with Gasteiger partial charge in [0.05, 0.1) is 30.8 Å². The maximum absolute atomic E-state index is 12.5. The number of amides is 1. The maximum Gasteiger partial charge on any atom is 0.251 e. The monoisotopic (exact) mass is 418 g/mol. The van der Waals surface area contributed by atoms with Crippen LogP contribution >= 0.6 is 0 Å². The molecule has 31 heavy (non-hydrogen) atoms. The van der Waals surface area contributed by atoms with E-state index in [0.29, 0.717) is 12.1 Å². The number of carbonyl (C=O) groups excluding carboxylic acids is 1. The van der Waals surface area contributed by atoms with Crippen molar-refractivity contribution in [2.24, 2.45) is 0 Å². The number of pyridine rings is 1. The Morgan fingerprint density at radius 3 is 2.58 bits per heavy atom. The van der Waals surface area contributed by atoms with Crippen LogP contribution in [0.1, 0.15) is 28.5 Å². The average Bonchev–Trinajstić information content (AvgIpc) is 3.24. The molecule has 4 rings (SSSR count). The van der Waals surface area contributed by atoms with Crippen molar-refractivity contribution in [2.75, 3.05) is 39.4 Å². The van der Waals surface area contributed by atoms with Crippen LogP contribution in [0.2, 0.25) is 0 Å². The zero-order chi connectivity index (χ0) is 21.6. The number of carbonyl (C=O) groups is 1. The Kier molecular flexibility index (Phi) is 6.79. The van der Waals surface area contributed by atoms with Gasteiger partial charge in [-0.25, -0.2) is 0 Å². The van der Waals surface area contributed by atoms with E-state index in [0.717, 1.165) is 56.2 Å². The number of nitrogens with one attached hydrogen (secondary N) is 1.